The van der Waals surface area contributed by atoms with E-state index >= 15 is 0 Å². The quantitative estimate of drug-likeness (QED) is 0.726. The molecule has 5 nitrogen and oxygen atoms in total. The number of carbonyl (C=O) groups is 2. The van der Waals surface area contributed by atoms with Gasteiger partial charge in [0.2, 0.25) is 11.8 Å². The minimum atomic E-state index is -0.525. The summed E-state index contributed by atoms with van der Waals surface area (Å²) in [7, 11) is 0. The van der Waals surface area contributed by atoms with Gasteiger partial charge in [-0.05, 0) is 42.8 Å². The summed E-state index contributed by atoms with van der Waals surface area (Å²) < 4.78 is 6.51. The van der Waals surface area contributed by atoms with E-state index in [1.54, 1.807) is 24.3 Å². The van der Waals surface area contributed by atoms with Crippen molar-refractivity contribution in [3.63, 3.8) is 0 Å². The third kappa shape index (κ3) is 5.75. The molecule has 0 saturated heterocycles. The van der Waals surface area contributed by atoms with Gasteiger partial charge in [0, 0.05) is 22.1 Å². The number of rotatable bonds is 7. The first kappa shape index (κ1) is 17.0. The van der Waals surface area contributed by atoms with Gasteiger partial charge in [0.25, 0.3) is 0 Å². The summed E-state index contributed by atoms with van der Waals surface area (Å²) in [5.74, 6) is 0.0990. The number of benzene rings is 2. The zero-order chi connectivity index (χ0) is 16.7. The zero-order valence-corrected chi connectivity index (χ0v) is 14.0. The molecule has 2 aromatic carbocycles. The highest BCUT2D eigenvalue weighted by Gasteiger charge is 2.05. The topological polar surface area (TPSA) is 81.4 Å². The van der Waals surface area contributed by atoms with Gasteiger partial charge in [-0.1, -0.05) is 28.1 Å². The third-order valence-electron chi connectivity index (χ3n) is 3.04. The minimum Gasteiger partial charge on any atom is -0.494 e. The van der Waals surface area contributed by atoms with Gasteiger partial charge >= 0.3 is 0 Å². The van der Waals surface area contributed by atoms with Gasteiger partial charge in [0.05, 0.1) is 6.61 Å². The van der Waals surface area contributed by atoms with Gasteiger partial charge in [-0.15, -0.1) is 0 Å². The number of anilines is 1. The van der Waals surface area contributed by atoms with Crippen LogP contribution in [0, 0.1) is 0 Å². The molecule has 0 spiro atoms. The van der Waals surface area contributed by atoms with Crippen LogP contribution >= 0.6 is 15.9 Å². The van der Waals surface area contributed by atoms with Crippen molar-refractivity contribution >= 4 is 33.4 Å². The third-order valence-corrected chi connectivity index (χ3v) is 3.54. The summed E-state index contributed by atoms with van der Waals surface area (Å²) >= 11 is 3.37. The number of nitrogens with one attached hydrogen (secondary N) is 1. The number of hydrogen-bond donors (Lipinski definition) is 2. The Labute approximate surface area is 143 Å². The molecule has 2 aromatic rings. The van der Waals surface area contributed by atoms with E-state index in [1.165, 1.54) is 0 Å². The van der Waals surface area contributed by atoms with E-state index in [2.05, 4.69) is 21.2 Å². The number of primary amides is 1. The molecule has 0 aliphatic heterocycles. The van der Waals surface area contributed by atoms with Crippen molar-refractivity contribution in [1.29, 1.82) is 0 Å². The van der Waals surface area contributed by atoms with Crippen LogP contribution in [0.15, 0.2) is 53.0 Å². The van der Waals surface area contributed by atoms with E-state index in [9.17, 15) is 9.59 Å². The summed E-state index contributed by atoms with van der Waals surface area (Å²) in [5.41, 5.74) is 6.12. The van der Waals surface area contributed by atoms with E-state index in [-0.39, 0.29) is 5.91 Å². The van der Waals surface area contributed by atoms with Crippen LogP contribution in [-0.2, 0) is 4.79 Å². The lowest BCUT2D eigenvalue weighted by molar-refractivity contribution is -0.116. The molecule has 2 amide bonds. The Morgan fingerprint density at radius 3 is 2.65 bits per heavy atom. The van der Waals surface area contributed by atoms with Crippen LogP contribution in [0.25, 0.3) is 0 Å². The second-order valence-corrected chi connectivity index (χ2v) is 5.82. The van der Waals surface area contributed by atoms with Crippen LogP contribution < -0.4 is 15.8 Å². The fraction of sp³-hybridized carbons (Fsp3) is 0.176. The number of nitrogens with two attached hydrogens (primary N) is 1. The molecule has 0 bridgehead atoms. The molecule has 0 aliphatic rings. The predicted molar refractivity (Wildman–Crippen MR) is 92.5 cm³/mol. The maximum absolute atomic E-state index is 11.9. The fourth-order valence-electron chi connectivity index (χ4n) is 1.95. The second kappa shape index (κ2) is 8.33. The van der Waals surface area contributed by atoms with Crippen molar-refractivity contribution in [1.82, 2.24) is 0 Å². The number of halogens is 1. The second-order valence-electron chi connectivity index (χ2n) is 4.90. The van der Waals surface area contributed by atoms with Crippen LogP contribution in [0.1, 0.15) is 23.2 Å². The van der Waals surface area contributed by atoms with Gasteiger partial charge in [-0.2, -0.15) is 0 Å². The Morgan fingerprint density at radius 1 is 1.13 bits per heavy atom. The van der Waals surface area contributed by atoms with Gasteiger partial charge in [-0.25, -0.2) is 0 Å². The van der Waals surface area contributed by atoms with Crippen molar-refractivity contribution in [2.24, 2.45) is 5.73 Å². The first-order valence-electron chi connectivity index (χ1n) is 7.12. The SMILES string of the molecule is NC(=O)c1cccc(NC(=O)CCCOc2cccc(Br)c2)c1. The maximum atomic E-state index is 11.9. The van der Waals surface area contributed by atoms with Crippen LogP contribution in [-0.4, -0.2) is 18.4 Å². The molecule has 3 N–H and O–H groups in total. The van der Waals surface area contributed by atoms with Gasteiger partial charge in [-0.3, -0.25) is 9.59 Å². The summed E-state index contributed by atoms with van der Waals surface area (Å²) in [4.78, 5) is 23.0. The fourth-order valence-corrected chi connectivity index (χ4v) is 2.33. The van der Waals surface area contributed by atoms with E-state index < -0.39 is 5.91 Å². The molecule has 0 radical (unpaired) electrons. The minimum absolute atomic E-state index is 0.135. The van der Waals surface area contributed by atoms with Gasteiger partial charge in [0.1, 0.15) is 5.75 Å². The molecule has 2 rings (SSSR count). The van der Waals surface area contributed by atoms with Crippen molar-refractivity contribution in [2.45, 2.75) is 12.8 Å². The van der Waals surface area contributed by atoms with Crippen molar-refractivity contribution in [2.75, 3.05) is 11.9 Å². The Morgan fingerprint density at radius 2 is 1.91 bits per heavy atom. The maximum Gasteiger partial charge on any atom is 0.248 e. The highest BCUT2D eigenvalue weighted by atomic mass is 79.9. The van der Waals surface area contributed by atoms with E-state index in [4.69, 9.17) is 10.5 Å². The zero-order valence-electron chi connectivity index (χ0n) is 12.4. The van der Waals surface area contributed by atoms with E-state index in [1.807, 2.05) is 24.3 Å². The van der Waals surface area contributed by atoms with Gasteiger partial charge < -0.3 is 15.8 Å². The van der Waals surface area contributed by atoms with E-state index in [0.29, 0.717) is 30.7 Å². The van der Waals surface area contributed by atoms with E-state index in [0.717, 1.165) is 10.2 Å². The lowest BCUT2D eigenvalue weighted by Crippen LogP contribution is -2.14. The van der Waals surface area contributed by atoms with Crippen LogP contribution in [0.5, 0.6) is 5.75 Å². The molecule has 23 heavy (non-hydrogen) atoms. The highest BCUT2D eigenvalue weighted by Crippen LogP contribution is 2.18. The molecule has 0 atom stereocenters. The van der Waals surface area contributed by atoms with Crippen LogP contribution in [0.2, 0.25) is 0 Å². The lowest BCUT2D eigenvalue weighted by Gasteiger charge is -2.08. The van der Waals surface area contributed by atoms with Crippen molar-refractivity contribution in [3.8, 4) is 5.75 Å². The molecular weight excluding hydrogens is 360 g/mol. The molecule has 0 heterocycles. The summed E-state index contributed by atoms with van der Waals surface area (Å²) in [6, 6.07) is 14.1. The molecule has 0 saturated carbocycles. The standard InChI is InChI=1S/C17H17BrN2O3/c18-13-5-2-7-15(11-13)23-9-3-8-16(21)20-14-6-1-4-12(10-14)17(19)22/h1-2,4-7,10-11H,3,8-9H2,(H2,19,22)(H,20,21). The first-order valence-corrected chi connectivity index (χ1v) is 7.92. The number of amides is 2. The molecule has 0 fully saturated rings. The number of hydrogen-bond acceptors (Lipinski definition) is 3. The van der Waals surface area contributed by atoms with Crippen molar-refractivity contribution < 1.29 is 14.3 Å². The van der Waals surface area contributed by atoms with Crippen molar-refractivity contribution in [3.05, 3.63) is 58.6 Å². The largest absolute Gasteiger partial charge is 0.494 e. The summed E-state index contributed by atoms with van der Waals surface area (Å²) in [6.07, 6.45) is 0.919. The molecule has 0 unspecified atom stereocenters. The average molecular weight is 377 g/mol. The highest BCUT2D eigenvalue weighted by molar-refractivity contribution is 9.10. The molecule has 120 valence electrons. The normalized spacial score (nSPS) is 10.1. The number of carbonyl (C=O) groups excluding carboxylic acids is 2. The monoisotopic (exact) mass is 376 g/mol. The first-order chi connectivity index (χ1) is 11.0. The summed E-state index contributed by atoms with van der Waals surface area (Å²) in [5, 5.41) is 2.74. The Balaban J connectivity index is 1.75. The Bertz CT molecular complexity index is 704. The molecule has 0 aliphatic carbocycles. The van der Waals surface area contributed by atoms with Crippen LogP contribution in [0.4, 0.5) is 5.69 Å². The lowest BCUT2D eigenvalue weighted by atomic mass is 10.2. The number of ether oxygens (including phenoxy) is 1. The molecule has 0 aromatic heterocycles. The summed E-state index contributed by atoms with van der Waals surface area (Å²) in [6.45, 7) is 0.450. The predicted octanol–water partition coefficient (Wildman–Crippen LogP) is 3.35. The molecular formula is C17H17BrN2O3. The molecule has 6 heteroatoms. The van der Waals surface area contributed by atoms with Crippen LogP contribution in [0.3, 0.4) is 0 Å². The Hall–Kier alpha value is -2.34. The Kier molecular flexibility index (Phi) is 6.17. The average Bonchev–Trinajstić information content (AvgIpc) is 2.52. The smallest absolute Gasteiger partial charge is 0.248 e. The van der Waals surface area contributed by atoms with Gasteiger partial charge in [0.15, 0.2) is 0 Å².